The van der Waals surface area contributed by atoms with Crippen molar-refractivity contribution in [2.45, 2.75) is 297 Å². The Bertz CT molecular complexity index is 1850. The van der Waals surface area contributed by atoms with Crippen molar-refractivity contribution in [3.05, 3.63) is 0 Å². The summed E-state index contributed by atoms with van der Waals surface area (Å²) < 4.78 is 0. The van der Waals surface area contributed by atoms with Crippen molar-refractivity contribution in [1.82, 2.24) is 26.7 Å². The molecule has 73 heavy (non-hydrogen) atoms. The molecule has 2 heterocycles. The van der Waals surface area contributed by atoms with Gasteiger partial charge in [0.2, 0.25) is 5.91 Å². The summed E-state index contributed by atoms with van der Waals surface area (Å²) in [4.78, 5) is 20.3. The smallest absolute Gasteiger partial charge is 0.226 e. The van der Waals surface area contributed by atoms with E-state index in [9.17, 15) is 15.0 Å². The van der Waals surface area contributed by atoms with Gasteiger partial charge in [-0.25, -0.2) is 0 Å². The Morgan fingerprint density at radius 2 is 1.05 bits per heavy atom. The zero-order chi connectivity index (χ0) is 49.4. The van der Waals surface area contributed by atoms with Gasteiger partial charge in [-0.2, -0.15) is 25.9 Å². The molecule has 0 spiro atoms. The highest BCUT2D eigenvalue weighted by molar-refractivity contribution is 5.80. The summed E-state index contributed by atoms with van der Waals surface area (Å²) in [7, 11) is 0. The molecule has 13 heteroatoms. The predicted molar refractivity (Wildman–Crippen MR) is 286 cm³/mol. The van der Waals surface area contributed by atoms with Crippen molar-refractivity contribution >= 4 is 5.91 Å². The standard InChI is InChI=1S/C60H101N9O4/c1-2-35-12-6-9-17-49(35)69-73-34-38-32-36-20-30-46-44-15-7-10-18-50(44)63-54(46)52(36)56(58(38)70)67-65-42-26-22-40(23-27-42)61-41-24-28-43(29-25-41)66-68-57-53-37(21-31-47-45-16-8-11-19-51(45)64-55(47)53)33-48(59(57)71)60(72)62-39-13-4-3-5-14-39/h35-59,61,63-64,69-71H,2-34H2,1H3,(H,62,72). The minimum absolute atomic E-state index is 0.0660. The number of carbonyl (C=O) groups excluding carboxylic acids is 1. The van der Waals surface area contributed by atoms with Gasteiger partial charge in [-0.15, -0.1) is 0 Å². The second-order valence-corrected chi connectivity index (χ2v) is 27.4. The van der Waals surface area contributed by atoms with E-state index in [0.717, 1.165) is 101 Å². The van der Waals surface area contributed by atoms with Crippen LogP contribution in [0.5, 0.6) is 0 Å². The van der Waals surface area contributed by atoms with Crippen LogP contribution in [0.2, 0.25) is 0 Å². The van der Waals surface area contributed by atoms with Crippen LogP contribution in [0.15, 0.2) is 20.5 Å². The van der Waals surface area contributed by atoms with Crippen molar-refractivity contribution in [2.75, 3.05) is 6.61 Å². The summed E-state index contributed by atoms with van der Waals surface area (Å²) >= 11 is 0. The third kappa shape index (κ3) is 11.2. The van der Waals surface area contributed by atoms with E-state index in [0.29, 0.717) is 78.5 Å². The lowest BCUT2D eigenvalue weighted by Gasteiger charge is -2.50. The summed E-state index contributed by atoms with van der Waals surface area (Å²) in [5.41, 5.74) is 3.51. The van der Waals surface area contributed by atoms with Crippen LogP contribution in [0, 0.1) is 65.1 Å². The van der Waals surface area contributed by atoms with E-state index in [1.54, 1.807) is 0 Å². The molecule has 410 valence electrons. The molecule has 0 aromatic carbocycles. The SMILES string of the molecule is CCC1CCCCC1NOCC1CC2CCC3C4CCCCC4NC3C2C(N=NC2CCC(NC3CCC(N=NC4C(O)C(C(=O)NC5CCCCC5)CC5CCC6C7CCCCC7NC6C54)CC3)CC2)C1O. The number of hydrogen-bond donors (Lipinski definition) is 7. The van der Waals surface area contributed by atoms with Gasteiger partial charge in [0.05, 0.1) is 36.8 Å². The van der Waals surface area contributed by atoms with E-state index < -0.39 is 18.1 Å². The third-order valence-corrected chi connectivity index (χ3v) is 23.5. The summed E-state index contributed by atoms with van der Waals surface area (Å²) in [6.07, 6.45) is 36.8. The molecule has 20 unspecified atom stereocenters. The van der Waals surface area contributed by atoms with Gasteiger partial charge in [0.25, 0.3) is 0 Å². The molecule has 1 amide bonds. The van der Waals surface area contributed by atoms with Gasteiger partial charge in [0.1, 0.15) is 12.1 Å². The van der Waals surface area contributed by atoms with Crippen LogP contribution >= 0.6 is 0 Å². The number of azo groups is 2. The van der Waals surface area contributed by atoms with Crippen LogP contribution in [0.25, 0.3) is 0 Å². The Balaban J connectivity index is 0.650. The highest BCUT2D eigenvalue weighted by Gasteiger charge is 2.59. The van der Waals surface area contributed by atoms with E-state index >= 15 is 0 Å². The number of hydroxylamine groups is 1. The lowest BCUT2D eigenvalue weighted by atomic mass is 9.58. The maximum atomic E-state index is 14.0. The lowest BCUT2D eigenvalue weighted by molar-refractivity contribution is -0.136. The topological polar surface area (TPSA) is 176 Å². The normalized spacial score (nSPS) is 49.3. The number of aliphatic hydroxyl groups excluding tert-OH is 2. The molecule has 12 rings (SSSR count). The first-order chi connectivity index (χ1) is 35.9. The van der Waals surface area contributed by atoms with Crippen LogP contribution in [-0.4, -0.2) is 107 Å². The van der Waals surface area contributed by atoms with E-state index in [4.69, 9.17) is 25.3 Å². The number of aliphatic hydroxyl groups is 2. The number of amides is 1. The number of carbonyl (C=O) groups is 1. The molecule has 0 aromatic heterocycles. The Morgan fingerprint density at radius 1 is 0.521 bits per heavy atom. The van der Waals surface area contributed by atoms with Crippen LogP contribution < -0.4 is 26.7 Å². The minimum atomic E-state index is -0.777. The molecule has 2 aliphatic heterocycles. The molecule has 2 saturated heterocycles. The molecule has 0 radical (unpaired) electrons. The zero-order valence-electron chi connectivity index (χ0n) is 45.3. The lowest BCUT2D eigenvalue weighted by Crippen LogP contribution is -2.59. The fraction of sp³-hybridized carbons (Fsp3) is 0.983. The van der Waals surface area contributed by atoms with Crippen molar-refractivity contribution in [3.8, 4) is 0 Å². The van der Waals surface area contributed by atoms with Gasteiger partial charge in [-0.3, -0.25) is 4.79 Å². The molecule has 20 atom stereocenters. The number of rotatable bonds is 13. The van der Waals surface area contributed by atoms with Gasteiger partial charge in [-0.05, 0) is 183 Å². The van der Waals surface area contributed by atoms with Crippen molar-refractivity contribution < 1.29 is 19.8 Å². The second kappa shape index (κ2) is 23.8. The van der Waals surface area contributed by atoms with Crippen molar-refractivity contribution in [1.29, 1.82) is 0 Å². The molecule has 13 nitrogen and oxygen atoms in total. The molecule has 0 bridgehead atoms. The quantitative estimate of drug-likeness (QED) is 0.0705. The highest BCUT2D eigenvalue weighted by atomic mass is 16.6. The van der Waals surface area contributed by atoms with E-state index in [2.05, 4.69) is 33.7 Å². The summed E-state index contributed by atoms with van der Waals surface area (Å²) in [5, 5.41) is 61.3. The molecule has 12 aliphatic rings. The minimum Gasteiger partial charge on any atom is -0.390 e. The largest absolute Gasteiger partial charge is 0.390 e. The first kappa shape index (κ1) is 52.1. The fourth-order valence-corrected chi connectivity index (χ4v) is 19.7. The maximum absolute atomic E-state index is 14.0. The summed E-state index contributed by atoms with van der Waals surface area (Å²) in [5.74, 6) is 4.95. The van der Waals surface area contributed by atoms with Gasteiger partial charge >= 0.3 is 0 Å². The second-order valence-electron chi connectivity index (χ2n) is 27.4. The molecule has 0 aromatic rings. The Labute approximate surface area is 440 Å². The number of nitrogens with one attached hydrogen (secondary N) is 5. The van der Waals surface area contributed by atoms with E-state index in [-0.39, 0.29) is 48.0 Å². The molecular weight excluding hydrogens is 911 g/mol. The molecule has 7 N–H and O–H groups in total. The highest BCUT2D eigenvalue weighted by Crippen LogP contribution is 2.55. The molecule has 12 fully saturated rings. The van der Waals surface area contributed by atoms with Crippen LogP contribution in [0.1, 0.15) is 212 Å². The average Bonchev–Trinajstić information content (AvgIpc) is 4.01. The summed E-state index contributed by atoms with van der Waals surface area (Å²) in [6, 6.07) is 3.70. The third-order valence-electron chi connectivity index (χ3n) is 23.5. The van der Waals surface area contributed by atoms with E-state index in [1.807, 2.05) is 0 Å². The van der Waals surface area contributed by atoms with Gasteiger partial charge < -0.3 is 36.3 Å². The number of fused-ring (bicyclic) bond motifs is 10. The van der Waals surface area contributed by atoms with Crippen LogP contribution in [0.4, 0.5) is 0 Å². The summed E-state index contributed by atoms with van der Waals surface area (Å²) in [6.45, 7) is 2.87. The van der Waals surface area contributed by atoms with Crippen molar-refractivity contribution in [3.63, 3.8) is 0 Å². The van der Waals surface area contributed by atoms with Crippen LogP contribution in [0.3, 0.4) is 0 Å². The molecule has 10 saturated carbocycles. The first-order valence-electron chi connectivity index (χ1n) is 32.0. The van der Waals surface area contributed by atoms with Crippen molar-refractivity contribution in [2.24, 2.45) is 85.6 Å². The monoisotopic (exact) mass is 1010 g/mol. The molecule has 10 aliphatic carbocycles. The number of nitrogens with zero attached hydrogens (tertiary/aromatic N) is 4. The fourth-order valence-electron chi connectivity index (χ4n) is 19.7. The first-order valence-corrected chi connectivity index (χ1v) is 32.0. The maximum Gasteiger partial charge on any atom is 0.226 e. The van der Waals surface area contributed by atoms with Gasteiger partial charge in [-0.1, -0.05) is 71.1 Å². The predicted octanol–water partition coefficient (Wildman–Crippen LogP) is 9.89. The Hall–Kier alpha value is -1.61. The van der Waals surface area contributed by atoms with Gasteiger partial charge in [0, 0.05) is 66.1 Å². The Kier molecular flexibility index (Phi) is 17.0. The Morgan fingerprint density at radius 3 is 1.66 bits per heavy atom. The van der Waals surface area contributed by atoms with E-state index in [1.165, 1.54) is 122 Å². The average molecular weight is 1010 g/mol. The van der Waals surface area contributed by atoms with Gasteiger partial charge in [0.15, 0.2) is 0 Å². The van der Waals surface area contributed by atoms with Crippen LogP contribution in [-0.2, 0) is 9.63 Å². The molecular formula is C60H101N9O4. The zero-order valence-corrected chi connectivity index (χ0v) is 45.3. The number of hydrogen-bond acceptors (Lipinski definition) is 12.